The Balaban J connectivity index is 1.47. The monoisotopic (exact) mass is 351 g/mol. The lowest BCUT2D eigenvalue weighted by Crippen LogP contribution is -2.36. The molecule has 2 aliphatic rings. The Morgan fingerprint density at radius 2 is 2.04 bits per heavy atom. The molecule has 0 spiro atoms. The maximum absolute atomic E-state index is 13.1. The van der Waals surface area contributed by atoms with E-state index >= 15 is 0 Å². The summed E-state index contributed by atoms with van der Waals surface area (Å²) in [5.41, 5.74) is 4.21. The van der Waals surface area contributed by atoms with E-state index in [1.807, 2.05) is 29.2 Å². The van der Waals surface area contributed by atoms with E-state index in [1.54, 1.807) is 0 Å². The van der Waals surface area contributed by atoms with Crippen LogP contribution in [0, 0.1) is 6.92 Å². The van der Waals surface area contributed by atoms with Gasteiger partial charge in [0.1, 0.15) is 12.4 Å². The molecule has 0 N–H and O–H groups in total. The van der Waals surface area contributed by atoms with Crippen molar-refractivity contribution in [3.63, 3.8) is 0 Å². The Morgan fingerprint density at radius 3 is 2.81 bits per heavy atom. The van der Waals surface area contributed by atoms with Gasteiger partial charge in [0.25, 0.3) is 5.91 Å². The van der Waals surface area contributed by atoms with Crippen LogP contribution in [0.25, 0.3) is 0 Å². The summed E-state index contributed by atoms with van der Waals surface area (Å²) in [6.07, 6.45) is 4.41. The van der Waals surface area contributed by atoms with E-state index in [-0.39, 0.29) is 12.0 Å². The summed E-state index contributed by atoms with van der Waals surface area (Å²) in [6, 6.07) is 13.8. The number of benzene rings is 2. The summed E-state index contributed by atoms with van der Waals surface area (Å²) >= 11 is 0. The molecule has 0 bridgehead atoms. The van der Waals surface area contributed by atoms with Gasteiger partial charge in [0.15, 0.2) is 0 Å². The molecule has 2 aliphatic heterocycles. The van der Waals surface area contributed by atoms with Crippen molar-refractivity contribution in [2.45, 2.75) is 38.7 Å². The lowest BCUT2D eigenvalue weighted by molar-refractivity contribution is 0.0679. The molecule has 136 valence electrons. The predicted octanol–water partition coefficient (Wildman–Crippen LogP) is 4.15. The van der Waals surface area contributed by atoms with Gasteiger partial charge in [0.05, 0.1) is 11.8 Å². The van der Waals surface area contributed by atoms with Crippen LogP contribution < -0.4 is 9.64 Å². The van der Waals surface area contributed by atoms with E-state index in [2.05, 4.69) is 25.1 Å². The number of carbonyl (C=O) groups excluding carboxylic acids is 1. The molecule has 26 heavy (non-hydrogen) atoms. The van der Waals surface area contributed by atoms with Gasteiger partial charge in [-0.05, 0) is 68.0 Å². The molecule has 1 saturated heterocycles. The largest absolute Gasteiger partial charge is 0.491 e. The first kappa shape index (κ1) is 17.1. The number of ether oxygens (including phenoxy) is 2. The Labute approximate surface area is 154 Å². The molecule has 1 unspecified atom stereocenters. The maximum Gasteiger partial charge on any atom is 0.258 e. The van der Waals surface area contributed by atoms with Gasteiger partial charge in [-0.1, -0.05) is 18.2 Å². The fraction of sp³-hybridized carbons (Fsp3) is 0.409. The molecule has 4 nitrogen and oxygen atoms in total. The van der Waals surface area contributed by atoms with Gasteiger partial charge in [-0.15, -0.1) is 0 Å². The van der Waals surface area contributed by atoms with Crippen molar-refractivity contribution in [1.29, 1.82) is 0 Å². The Bertz CT molecular complexity index is 778. The zero-order valence-electron chi connectivity index (χ0n) is 15.2. The van der Waals surface area contributed by atoms with Gasteiger partial charge >= 0.3 is 0 Å². The third-order valence-electron chi connectivity index (χ3n) is 5.23. The lowest BCUT2D eigenvalue weighted by Gasteiger charge is -2.31. The molecule has 1 atom stereocenters. The van der Waals surface area contributed by atoms with E-state index in [1.165, 1.54) is 5.56 Å². The van der Waals surface area contributed by atoms with Crippen molar-refractivity contribution in [1.82, 2.24) is 0 Å². The van der Waals surface area contributed by atoms with Crippen LogP contribution in [0.5, 0.6) is 5.75 Å². The zero-order valence-corrected chi connectivity index (χ0v) is 15.2. The number of amides is 1. The molecule has 0 aromatic heterocycles. The van der Waals surface area contributed by atoms with Gasteiger partial charge in [0, 0.05) is 18.7 Å². The van der Waals surface area contributed by atoms with Gasteiger partial charge < -0.3 is 14.4 Å². The van der Waals surface area contributed by atoms with E-state index < -0.39 is 0 Å². The van der Waals surface area contributed by atoms with Crippen LogP contribution >= 0.6 is 0 Å². The Hall–Kier alpha value is -2.33. The standard InChI is InChI=1S/C22H25NO3/c1-16-5-2-6-17-7-3-13-23(21(16)17)22(24)18-9-11-19(12-10-18)26-15-20-8-4-14-25-20/h2,5-6,9-12,20H,3-4,7-8,13-15H2,1H3. The fourth-order valence-corrected chi connectivity index (χ4v) is 3.86. The highest BCUT2D eigenvalue weighted by Crippen LogP contribution is 2.31. The third kappa shape index (κ3) is 3.47. The van der Waals surface area contributed by atoms with Crippen molar-refractivity contribution in [3.8, 4) is 5.75 Å². The molecule has 1 fully saturated rings. The third-order valence-corrected chi connectivity index (χ3v) is 5.23. The molecule has 4 rings (SSSR count). The van der Waals surface area contributed by atoms with Crippen LogP contribution in [0.3, 0.4) is 0 Å². The molecule has 2 aromatic rings. The summed E-state index contributed by atoms with van der Waals surface area (Å²) in [4.78, 5) is 15.0. The van der Waals surface area contributed by atoms with Crippen LogP contribution in [0.4, 0.5) is 5.69 Å². The van der Waals surface area contributed by atoms with Gasteiger partial charge in [-0.2, -0.15) is 0 Å². The number of anilines is 1. The van der Waals surface area contributed by atoms with E-state index in [0.717, 1.165) is 55.8 Å². The van der Waals surface area contributed by atoms with Crippen molar-refractivity contribution < 1.29 is 14.3 Å². The van der Waals surface area contributed by atoms with Crippen molar-refractivity contribution in [2.24, 2.45) is 0 Å². The molecule has 0 aliphatic carbocycles. The van der Waals surface area contributed by atoms with Crippen molar-refractivity contribution >= 4 is 11.6 Å². The maximum atomic E-state index is 13.1. The second kappa shape index (κ2) is 7.50. The van der Waals surface area contributed by atoms with Crippen LogP contribution in [0.2, 0.25) is 0 Å². The molecular formula is C22H25NO3. The highest BCUT2D eigenvalue weighted by Gasteiger charge is 2.25. The number of aryl methyl sites for hydroxylation is 2. The number of rotatable bonds is 4. The highest BCUT2D eigenvalue weighted by molar-refractivity contribution is 6.07. The van der Waals surface area contributed by atoms with Crippen LogP contribution in [-0.4, -0.2) is 31.8 Å². The summed E-state index contributed by atoms with van der Waals surface area (Å²) in [5.74, 6) is 0.846. The van der Waals surface area contributed by atoms with Gasteiger partial charge in [-0.3, -0.25) is 4.79 Å². The zero-order chi connectivity index (χ0) is 17.9. The minimum absolute atomic E-state index is 0.0610. The Kier molecular flexibility index (Phi) is 4.93. The average Bonchev–Trinajstić information content (AvgIpc) is 3.20. The predicted molar refractivity (Wildman–Crippen MR) is 102 cm³/mol. The van der Waals surface area contributed by atoms with Crippen LogP contribution in [0.1, 0.15) is 40.7 Å². The molecular weight excluding hydrogens is 326 g/mol. The number of hydrogen-bond acceptors (Lipinski definition) is 3. The lowest BCUT2D eigenvalue weighted by atomic mass is 9.97. The van der Waals surface area contributed by atoms with Crippen LogP contribution in [-0.2, 0) is 11.2 Å². The minimum atomic E-state index is 0.0610. The van der Waals surface area contributed by atoms with Gasteiger partial charge in [-0.25, -0.2) is 0 Å². The first-order valence-electron chi connectivity index (χ1n) is 9.47. The molecule has 2 heterocycles. The summed E-state index contributed by atoms with van der Waals surface area (Å²) in [5, 5.41) is 0. The number of fused-ring (bicyclic) bond motifs is 1. The summed E-state index contributed by atoms with van der Waals surface area (Å²) in [7, 11) is 0. The van der Waals surface area contributed by atoms with Crippen molar-refractivity contribution in [2.75, 3.05) is 24.7 Å². The Morgan fingerprint density at radius 1 is 1.19 bits per heavy atom. The molecule has 2 aromatic carbocycles. The SMILES string of the molecule is Cc1cccc2c1N(C(=O)c1ccc(OCC3CCCO3)cc1)CCC2. The number of nitrogens with zero attached hydrogens (tertiary/aromatic N) is 1. The summed E-state index contributed by atoms with van der Waals surface area (Å²) in [6.45, 7) is 4.25. The first-order chi connectivity index (χ1) is 12.7. The first-order valence-corrected chi connectivity index (χ1v) is 9.47. The topological polar surface area (TPSA) is 38.8 Å². The van der Waals surface area contributed by atoms with E-state index in [4.69, 9.17) is 9.47 Å². The smallest absolute Gasteiger partial charge is 0.258 e. The van der Waals surface area contributed by atoms with Crippen molar-refractivity contribution in [3.05, 3.63) is 59.2 Å². The molecule has 4 heteroatoms. The van der Waals surface area contributed by atoms with Crippen LogP contribution in [0.15, 0.2) is 42.5 Å². The number of hydrogen-bond donors (Lipinski definition) is 0. The van der Waals surface area contributed by atoms with E-state index in [0.29, 0.717) is 12.2 Å². The number of carbonyl (C=O) groups is 1. The minimum Gasteiger partial charge on any atom is -0.491 e. The average molecular weight is 351 g/mol. The fourth-order valence-electron chi connectivity index (χ4n) is 3.86. The number of para-hydroxylation sites is 1. The molecule has 1 amide bonds. The van der Waals surface area contributed by atoms with Gasteiger partial charge in [0.2, 0.25) is 0 Å². The second-order valence-corrected chi connectivity index (χ2v) is 7.11. The summed E-state index contributed by atoms with van der Waals surface area (Å²) < 4.78 is 11.4. The molecule has 0 saturated carbocycles. The second-order valence-electron chi connectivity index (χ2n) is 7.11. The highest BCUT2D eigenvalue weighted by atomic mass is 16.5. The van der Waals surface area contributed by atoms with E-state index in [9.17, 15) is 4.79 Å². The molecule has 0 radical (unpaired) electrons. The normalized spacial score (nSPS) is 19.3. The quantitative estimate of drug-likeness (QED) is 0.831.